The van der Waals surface area contributed by atoms with E-state index in [2.05, 4.69) is 44.3 Å². The summed E-state index contributed by atoms with van der Waals surface area (Å²) in [6.45, 7) is 6.88. The Morgan fingerprint density at radius 2 is 1.82 bits per heavy atom. The molecule has 1 atom stereocenters. The molecular formula is C9H14P2. The molecule has 0 heterocycles. The van der Waals surface area contributed by atoms with Gasteiger partial charge in [0.2, 0.25) is 0 Å². The number of benzene rings is 1. The van der Waals surface area contributed by atoms with E-state index < -0.39 is 0 Å². The van der Waals surface area contributed by atoms with Crippen molar-refractivity contribution in [1.29, 1.82) is 0 Å². The minimum Gasteiger partial charge on any atom is -0.0929 e. The van der Waals surface area contributed by atoms with Crippen molar-refractivity contribution in [2.75, 3.05) is 20.0 Å². The minimum atomic E-state index is 0.0847. The Hall–Kier alpha value is 0.0800. The fraction of sp³-hybridized carbons (Fsp3) is 0.333. The third kappa shape index (κ3) is 2.26. The van der Waals surface area contributed by atoms with E-state index >= 15 is 0 Å². The van der Waals surface area contributed by atoms with Gasteiger partial charge in [-0.05, 0) is 30.6 Å². The van der Waals surface area contributed by atoms with E-state index in [1.54, 1.807) is 10.6 Å². The van der Waals surface area contributed by atoms with Crippen LogP contribution in [0, 0.1) is 0 Å². The summed E-state index contributed by atoms with van der Waals surface area (Å²) in [5.41, 5.74) is 0. The van der Waals surface area contributed by atoms with Crippen LogP contribution in [-0.2, 0) is 0 Å². The SMILES string of the molecule is CPc1ccccc1P(C)C. The highest BCUT2D eigenvalue weighted by Gasteiger charge is 2.01. The van der Waals surface area contributed by atoms with Crippen LogP contribution < -0.4 is 10.6 Å². The topological polar surface area (TPSA) is 0 Å². The van der Waals surface area contributed by atoms with Gasteiger partial charge in [0.1, 0.15) is 0 Å². The minimum absolute atomic E-state index is 0.0847. The van der Waals surface area contributed by atoms with Gasteiger partial charge in [0, 0.05) is 0 Å². The first-order valence-corrected chi connectivity index (χ1v) is 7.43. The van der Waals surface area contributed by atoms with Crippen LogP contribution in [0.25, 0.3) is 0 Å². The first-order chi connectivity index (χ1) is 5.25. The highest BCUT2D eigenvalue weighted by atomic mass is 31.1. The van der Waals surface area contributed by atoms with Gasteiger partial charge in [-0.25, -0.2) is 0 Å². The Balaban J connectivity index is 3.02. The average Bonchev–Trinajstić information content (AvgIpc) is 2.04. The third-order valence-corrected chi connectivity index (χ3v) is 4.19. The van der Waals surface area contributed by atoms with Gasteiger partial charge >= 0.3 is 0 Å². The molecule has 2 heteroatoms. The molecule has 0 spiro atoms. The molecule has 0 fully saturated rings. The van der Waals surface area contributed by atoms with Crippen molar-refractivity contribution in [3.05, 3.63) is 24.3 Å². The van der Waals surface area contributed by atoms with Crippen LogP contribution >= 0.6 is 16.5 Å². The summed E-state index contributed by atoms with van der Waals surface area (Å²) in [5, 5.41) is 3.12. The number of hydrogen-bond donors (Lipinski definition) is 0. The van der Waals surface area contributed by atoms with Gasteiger partial charge in [0.05, 0.1) is 0 Å². The van der Waals surface area contributed by atoms with E-state index in [0.29, 0.717) is 0 Å². The van der Waals surface area contributed by atoms with Crippen molar-refractivity contribution in [2.24, 2.45) is 0 Å². The zero-order valence-corrected chi connectivity index (χ0v) is 9.15. The second-order valence-electron chi connectivity index (χ2n) is 2.66. The largest absolute Gasteiger partial charge is 0.0929 e. The van der Waals surface area contributed by atoms with Crippen LogP contribution in [0.3, 0.4) is 0 Å². The highest BCUT2D eigenvalue weighted by molar-refractivity contribution is 7.66. The lowest BCUT2D eigenvalue weighted by Gasteiger charge is -2.10. The second kappa shape index (κ2) is 4.19. The smallest absolute Gasteiger partial charge is 0.0172 e. The summed E-state index contributed by atoms with van der Waals surface area (Å²) in [4.78, 5) is 0. The molecule has 1 rings (SSSR count). The Labute approximate surface area is 71.9 Å². The Kier molecular flexibility index (Phi) is 3.49. The van der Waals surface area contributed by atoms with Crippen LogP contribution in [0.1, 0.15) is 0 Å². The van der Waals surface area contributed by atoms with Crippen LogP contribution in [0.2, 0.25) is 0 Å². The van der Waals surface area contributed by atoms with E-state index in [1.165, 1.54) is 0 Å². The molecule has 1 aromatic rings. The predicted octanol–water partition coefficient (Wildman–Crippen LogP) is 1.99. The lowest BCUT2D eigenvalue weighted by atomic mass is 10.4. The molecule has 60 valence electrons. The standard InChI is InChI=1S/C9H14P2/c1-10-8-6-4-5-7-9(8)11(2)3/h4-7,10H,1-3H3. The van der Waals surface area contributed by atoms with E-state index in [-0.39, 0.29) is 7.92 Å². The molecule has 1 unspecified atom stereocenters. The maximum atomic E-state index is 2.31. The van der Waals surface area contributed by atoms with Crippen molar-refractivity contribution in [3.63, 3.8) is 0 Å². The molecule has 0 aliphatic carbocycles. The highest BCUT2D eigenvalue weighted by Crippen LogP contribution is 2.23. The molecule has 0 saturated heterocycles. The first-order valence-electron chi connectivity index (χ1n) is 3.70. The van der Waals surface area contributed by atoms with Crippen molar-refractivity contribution < 1.29 is 0 Å². The maximum Gasteiger partial charge on any atom is -0.0172 e. The zero-order valence-electron chi connectivity index (χ0n) is 7.26. The zero-order chi connectivity index (χ0) is 8.27. The fourth-order valence-electron chi connectivity index (χ4n) is 1.08. The molecule has 11 heavy (non-hydrogen) atoms. The molecule has 0 aliphatic rings. The van der Waals surface area contributed by atoms with Gasteiger partial charge in [-0.1, -0.05) is 40.8 Å². The van der Waals surface area contributed by atoms with Crippen LogP contribution in [0.15, 0.2) is 24.3 Å². The Bertz CT molecular complexity index is 231. The van der Waals surface area contributed by atoms with Gasteiger partial charge in [-0.2, -0.15) is 0 Å². The van der Waals surface area contributed by atoms with Crippen molar-refractivity contribution in [3.8, 4) is 0 Å². The second-order valence-corrected chi connectivity index (χ2v) is 5.97. The van der Waals surface area contributed by atoms with Gasteiger partial charge in [0.15, 0.2) is 0 Å². The van der Waals surface area contributed by atoms with E-state index in [1.807, 2.05) is 0 Å². The van der Waals surface area contributed by atoms with Gasteiger partial charge < -0.3 is 0 Å². The van der Waals surface area contributed by atoms with Crippen molar-refractivity contribution in [2.45, 2.75) is 0 Å². The number of rotatable bonds is 2. The summed E-state index contributed by atoms with van der Waals surface area (Å²) in [5.74, 6) is 0. The van der Waals surface area contributed by atoms with Gasteiger partial charge in [0.25, 0.3) is 0 Å². The molecule has 0 saturated carbocycles. The average molecular weight is 184 g/mol. The van der Waals surface area contributed by atoms with Crippen molar-refractivity contribution in [1.82, 2.24) is 0 Å². The molecule has 0 bridgehead atoms. The summed E-state index contributed by atoms with van der Waals surface area (Å²) in [7, 11) is 1.02. The molecule has 0 aromatic heterocycles. The van der Waals surface area contributed by atoms with Crippen LogP contribution in [0.4, 0.5) is 0 Å². The van der Waals surface area contributed by atoms with E-state index in [4.69, 9.17) is 0 Å². The van der Waals surface area contributed by atoms with E-state index in [9.17, 15) is 0 Å². The summed E-state index contributed by atoms with van der Waals surface area (Å²) in [6.07, 6.45) is 0. The quantitative estimate of drug-likeness (QED) is 0.616. The summed E-state index contributed by atoms with van der Waals surface area (Å²) in [6, 6.07) is 8.78. The normalized spacial score (nSPS) is 11.6. The molecule has 0 N–H and O–H groups in total. The van der Waals surface area contributed by atoms with Crippen LogP contribution in [0.5, 0.6) is 0 Å². The fourth-order valence-corrected chi connectivity index (χ4v) is 3.62. The van der Waals surface area contributed by atoms with E-state index in [0.717, 1.165) is 8.58 Å². The molecule has 0 amide bonds. The maximum absolute atomic E-state index is 2.31. The van der Waals surface area contributed by atoms with Gasteiger partial charge in [-0.15, -0.1) is 0 Å². The lowest BCUT2D eigenvalue weighted by Crippen LogP contribution is -2.16. The molecule has 0 radical (unpaired) electrons. The summed E-state index contributed by atoms with van der Waals surface area (Å²) >= 11 is 0. The lowest BCUT2D eigenvalue weighted by molar-refractivity contribution is 1.82. The Morgan fingerprint density at radius 3 is 2.27 bits per heavy atom. The molecular weight excluding hydrogens is 170 g/mol. The van der Waals surface area contributed by atoms with Gasteiger partial charge in [-0.3, -0.25) is 0 Å². The molecule has 0 aliphatic heterocycles. The monoisotopic (exact) mass is 184 g/mol. The Morgan fingerprint density at radius 1 is 1.18 bits per heavy atom. The molecule has 1 aromatic carbocycles. The predicted molar refractivity (Wildman–Crippen MR) is 58.7 cm³/mol. The first kappa shape index (κ1) is 9.17. The summed E-state index contributed by atoms with van der Waals surface area (Å²) < 4.78 is 0. The molecule has 0 nitrogen and oxygen atoms in total. The number of hydrogen-bond acceptors (Lipinski definition) is 0. The third-order valence-electron chi connectivity index (χ3n) is 1.66. The van der Waals surface area contributed by atoms with Crippen molar-refractivity contribution >= 4 is 27.1 Å². The van der Waals surface area contributed by atoms with Crippen LogP contribution in [-0.4, -0.2) is 20.0 Å².